The molecule has 0 heterocycles. The third-order valence-electron chi connectivity index (χ3n) is 2.01. The Labute approximate surface area is 119 Å². The zero-order chi connectivity index (χ0) is 15.4. The Morgan fingerprint density at radius 3 is 2.20 bits per heavy atom. The lowest BCUT2D eigenvalue weighted by atomic mass is 10.2. The molecular weight excluding hydrogens is 256 g/mol. The molecular formula is C16H20O4. The normalized spacial score (nSPS) is 8.70. The van der Waals surface area contributed by atoms with Gasteiger partial charge in [-0.15, -0.1) is 0 Å². The molecule has 4 nitrogen and oxygen atoms in total. The van der Waals surface area contributed by atoms with Crippen LogP contribution in [0.3, 0.4) is 0 Å². The summed E-state index contributed by atoms with van der Waals surface area (Å²) in [5, 5.41) is 0. The molecule has 0 spiro atoms. The first-order valence-electron chi connectivity index (χ1n) is 6.17. The largest absolute Gasteiger partial charge is 0.463 e. The lowest BCUT2D eigenvalue weighted by Gasteiger charge is -2.03. The predicted octanol–water partition coefficient (Wildman–Crippen LogP) is 3.04. The van der Waals surface area contributed by atoms with Crippen molar-refractivity contribution in [2.24, 2.45) is 0 Å². The highest BCUT2D eigenvalue weighted by molar-refractivity contribution is 5.86. The number of carbonyl (C=O) groups is 2. The van der Waals surface area contributed by atoms with Crippen molar-refractivity contribution in [3.05, 3.63) is 60.7 Å². The summed E-state index contributed by atoms with van der Waals surface area (Å²) in [5.74, 6) is -0.702. The van der Waals surface area contributed by atoms with E-state index in [0.29, 0.717) is 18.8 Å². The monoisotopic (exact) mass is 276 g/mol. The fraction of sp³-hybridized carbons (Fsp3) is 0.250. The smallest absolute Gasteiger partial charge is 0.333 e. The van der Waals surface area contributed by atoms with Gasteiger partial charge in [-0.2, -0.15) is 0 Å². The number of hydrogen-bond acceptors (Lipinski definition) is 4. The van der Waals surface area contributed by atoms with Crippen molar-refractivity contribution in [2.45, 2.75) is 20.5 Å². The standard InChI is InChI=1S/C11H12O2.C5H8O2/c1-9(2)11(12)13-8-10-6-4-3-5-7-10;1-3-5(6)7-4-2/h3-7H,1,8H2,2H3;3H,1,4H2,2H3. The van der Waals surface area contributed by atoms with Crippen molar-refractivity contribution in [1.82, 2.24) is 0 Å². The molecule has 1 aromatic carbocycles. The first-order valence-corrected chi connectivity index (χ1v) is 6.17. The highest BCUT2D eigenvalue weighted by Gasteiger charge is 2.02. The van der Waals surface area contributed by atoms with Gasteiger partial charge in [0.05, 0.1) is 6.61 Å². The van der Waals surface area contributed by atoms with Crippen LogP contribution in [0, 0.1) is 0 Å². The van der Waals surface area contributed by atoms with Gasteiger partial charge in [-0.1, -0.05) is 43.5 Å². The van der Waals surface area contributed by atoms with Gasteiger partial charge in [-0.25, -0.2) is 9.59 Å². The Morgan fingerprint density at radius 1 is 1.20 bits per heavy atom. The van der Waals surface area contributed by atoms with E-state index in [9.17, 15) is 9.59 Å². The Hall–Kier alpha value is -2.36. The minimum atomic E-state index is -0.359. The van der Waals surface area contributed by atoms with Crippen molar-refractivity contribution in [3.8, 4) is 0 Å². The summed E-state index contributed by atoms with van der Waals surface area (Å²) in [6, 6.07) is 9.55. The van der Waals surface area contributed by atoms with Gasteiger partial charge in [0.15, 0.2) is 0 Å². The van der Waals surface area contributed by atoms with E-state index in [0.717, 1.165) is 11.6 Å². The molecule has 0 amide bonds. The van der Waals surface area contributed by atoms with Crippen LogP contribution in [0.4, 0.5) is 0 Å². The number of ether oxygens (including phenoxy) is 2. The van der Waals surface area contributed by atoms with Crippen molar-refractivity contribution < 1.29 is 19.1 Å². The molecule has 0 atom stereocenters. The highest BCUT2D eigenvalue weighted by atomic mass is 16.5. The van der Waals surface area contributed by atoms with Gasteiger partial charge in [-0.05, 0) is 19.4 Å². The molecule has 0 saturated heterocycles. The molecule has 0 saturated carbocycles. The van der Waals surface area contributed by atoms with E-state index in [1.54, 1.807) is 13.8 Å². The van der Waals surface area contributed by atoms with E-state index in [2.05, 4.69) is 17.9 Å². The van der Waals surface area contributed by atoms with Crippen molar-refractivity contribution in [1.29, 1.82) is 0 Å². The summed E-state index contributed by atoms with van der Waals surface area (Å²) >= 11 is 0. The van der Waals surface area contributed by atoms with E-state index in [-0.39, 0.29) is 11.9 Å². The Morgan fingerprint density at radius 2 is 1.80 bits per heavy atom. The zero-order valence-electron chi connectivity index (χ0n) is 11.9. The summed E-state index contributed by atoms with van der Waals surface area (Å²) in [6.07, 6.45) is 1.14. The quantitative estimate of drug-likeness (QED) is 0.612. The number of rotatable bonds is 5. The Balaban J connectivity index is 0.000000441. The van der Waals surface area contributed by atoms with Crippen molar-refractivity contribution >= 4 is 11.9 Å². The number of esters is 2. The maximum absolute atomic E-state index is 11.0. The molecule has 0 bridgehead atoms. The summed E-state index contributed by atoms with van der Waals surface area (Å²) in [7, 11) is 0. The number of hydrogen-bond donors (Lipinski definition) is 0. The van der Waals surface area contributed by atoms with Crippen LogP contribution in [0.25, 0.3) is 0 Å². The average molecular weight is 276 g/mol. The second kappa shape index (κ2) is 10.6. The van der Waals surface area contributed by atoms with Gasteiger partial charge < -0.3 is 9.47 Å². The van der Waals surface area contributed by atoms with E-state index in [4.69, 9.17) is 4.74 Å². The van der Waals surface area contributed by atoms with Gasteiger partial charge in [0, 0.05) is 11.6 Å². The molecule has 1 rings (SSSR count). The average Bonchev–Trinajstić information content (AvgIpc) is 2.46. The molecule has 0 fully saturated rings. The van der Waals surface area contributed by atoms with E-state index in [1.165, 1.54) is 0 Å². The lowest BCUT2D eigenvalue weighted by Crippen LogP contribution is -2.04. The van der Waals surface area contributed by atoms with Crippen LogP contribution in [-0.4, -0.2) is 18.5 Å². The number of carbonyl (C=O) groups excluding carboxylic acids is 2. The van der Waals surface area contributed by atoms with Crippen LogP contribution < -0.4 is 0 Å². The SMILES string of the molecule is C=C(C)C(=O)OCc1ccccc1.C=CC(=O)OCC. The van der Waals surface area contributed by atoms with Crippen LogP contribution in [0.15, 0.2) is 55.1 Å². The second-order valence-corrected chi connectivity index (χ2v) is 3.80. The van der Waals surface area contributed by atoms with Crippen LogP contribution in [0.5, 0.6) is 0 Å². The molecule has 0 N–H and O–H groups in total. The Kier molecular flexibility index (Phi) is 9.31. The predicted molar refractivity (Wildman–Crippen MR) is 77.9 cm³/mol. The van der Waals surface area contributed by atoms with Crippen molar-refractivity contribution in [3.63, 3.8) is 0 Å². The van der Waals surface area contributed by atoms with E-state index < -0.39 is 0 Å². The van der Waals surface area contributed by atoms with Crippen LogP contribution in [0.2, 0.25) is 0 Å². The van der Waals surface area contributed by atoms with Crippen molar-refractivity contribution in [2.75, 3.05) is 6.61 Å². The van der Waals surface area contributed by atoms with Crippen LogP contribution in [-0.2, 0) is 25.7 Å². The van der Waals surface area contributed by atoms with Crippen LogP contribution in [0.1, 0.15) is 19.4 Å². The van der Waals surface area contributed by atoms with E-state index in [1.807, 2.05) is 30.3 Å². The minimum absolute atomic E-state index is 0.312. The Bertz CT molecular complexity index is 449. The first kappa shape index (κ1) is 17.6. The molecule has 0 aromatic heterocycles. The molecule has 0 aliphatic carbocycles. The molecule has 0 radical (unpaired) electrons. The summed E-state index contributed by atoms with van der Waals surface area (Å²) < 4.78 is 9.39. The lowest BCUT2D eigenvalue weighted by molar-refractivity contribution is -0.140. The molecule has 0 unspecified atom stereocenters. The van der Waals surface area contributed by atoms with Gasteiger partial charge in [0.2, 0.25) is 0 Å². The fourth-order valence-corrected chi connectivity index (χ4v) is 1.05. The molecule has 4 heteroatoms. The highest BCUT2D eigenvalue weighted by Crippen LogP contribution is 2.02. The van der Waals surface area contributed by atoms with Gasteiger partial charge in [0.25, 0.3) is 0 Å². The second-order valence-electron chi connectivity index (χ2n) is 3.80. The molecule has 0 aliphatic rings. The third kappa shape index (κ3) is 8.69. The summed E-state index contributed by atoms with van der Waals surface area (Å²) in [4.78, 5) is 21.1. The molecule has 20 heavy (non-hydrogen) atoms. The molecule has 1 aromatic rings. The summed E-state index contributed by atoms with van der Waals surface area (Å²) in [5.41, 5.74) is 1.41. The molecule has 108 valence electrons. The first-order chi connectivity index (χ1) is 9.51. The topological polar surface area (TPSA) is 52.6 Å². The fourth-order valence-electron chi connectivity index (χ4n) is 1.05. The number of benzene rings is 1. The maximum atomic E-state index is 11.0. The third-order valence-corrected chi connectivity index (χ3v) is 2.01. The van der Waals surface area contributed by atoms with E-state index >= 15 is 0 Å². The minimum Gasteiger partial charge on any atom is -0.463 e. The van der Waals surface area contributed by atoms with Gasteiger partial charge in [0.1, 0.15) is 6.61 Å². The maximum Gasteiger partial charge on any atom is 0.333 e. The molecule has 0 aliphatic heterocycles. The van der Waals surface area contributed by atoms with Crippen LogP contribution >= 0.6 is 0 Å². The summed E-state index contributed by atoms with van der Waals surface area (Å²) in [6.45, 7) is 10.8. The zero-order valence-corrected chi connectivity index (χ0v) is 11.9. The van der Waals surface area contributed by atoms with Gasteiger partial charge >= 0.3 is 11.9 Å². The van der Waals surface area contributed by atoms with Gasteiger partial charge in [-0.3, -0.25) is 0 Å².